The van der Waals surface area contributed by atoms with Crippen molar-refractivity contribution >= 4 is 11.3 Å². The number of rotatable bonds is 1. The van der Waals surface area contributed by atoms with Crippen molar-refractivity contribution in [3.8, 4) is 0 Å². The van der Waals surface area contributed by atoms with Crippen molar-refractivity contribution in [3.05, 3.63) is 21.9 Å². The molecule has 2 atom stereocenters. The average molecular weight is 182 g/mol. The van der Waals surface area contributed by atoms with Crippen LogP contribution in [0, 0.1) is 6.92 Å². The zero-order valence-electron chi connectivity index (χ0n) is 7.29. The van der Waals surface area contributed by atoms with Crippen LogP contribution in [0.15, 0.2) is 12.1 Å². The van der Waals surface area contributed by atoms with Crippen molar-refractivity contribution in [2.75, 3.05) is 0 Å². The van der Waals surface area contributed by atoms with E-state index in [1.807, 2.05) is 11.3 Å². The van der Waals surface area contributed by atoms with Crippen molar-refractivity contribution in [1.82, 2.24) is 0 Å². The van der Waals surface area contributed by atoms with E-state index < -0.39 is 0 Å². The second-order valence-corrected chi connectivity index (χ2v) is 4.87. The van der Waals surface area contributed by atoms with Crippen LogP contribution in [0.25, 0.3) is 0 Å². The molecule has 0 saturated heterocycles. The normalized spacial score (nSPS) is 29.5. The fourth-order valence-corrected chi connectivity index (χ4v) is 3.00. The van der Waals surface area contributed by atoms with Crippen LogP contribution in [-0.2, 0) is 0 Å². The molecule has 1 fully saturated rings. The minimum atomic E-state index is -0.0805. The summed E-state index contributed by atoms with van der Waals surface area (Å²) >= 11 is 1.83. The van der Waals surface area contributed by atoms with Crippen molar-refractivity contribution in [2.45, 2.75) is 38.2 Å². The number of aliphatic hydroxyl groups excluding tert-OH is 1. The molecule has 1 aliphatic carbocycles. The van der Waals surface area contributed by atoms with Gasteiger partial charge in [-0.05, 0) is 31.9 Å². The van der Waals surface area contributed by atoms with Crippen LogP contribution in [0.5, 0.6) is 0 Å². The molecule has 0 unspecified atom stereocenters. The molecular weight excluding hydrogens is 168 g/mol. The van der Waals surface area contributed by atoms with Crippen LogP contribution in [0.1, 0.15) is 34.9 Å². The van der Waals surface area contributed by atoms with E-state index >= 15 is 0 Å². The van der Waals surface area contributed by atoms with E-state index in [1.165, 1.54) is 22.6 Å². The molecular formula is C10H14OS. The monoisotopic (exact) mass is 182 g/mol. The molecule has 1 heterocycles. The summed E-state index contributed by atoms with van der Waals surface area (Å²) in [6.45, 7) is 2.12. The molecule has 1 nitrogen and oxygen atoms in total. The lowest BCUT2D eigenvalue weighted by Gasteiger charge is -2.11. The molecule has 2 heteroatoms. The van der Waals surface area contributed by atoms with Crippen LogP contribution in [0.2, 0.25) is 0 Å². The quantitative estimate of drug-likeness (QED) is 0.708. The molecule has 0 spiro atoms. The Labute approximate surface area is 77.0 Å². The van der Waals surface area contributed by atoms with Gasteiger partial charge in [-0.1, -0.05) is 6.42 Å². The van der Waals surface area contributed by atoms with Crippen molar-refractivity contribution in [1.29, 1.82) is 0 Å². The lowest BCUT2D eigenvalue weighted by Crippen LogP contribution is -2.09. The van der Waals surface area contributed by atoms with Crippen LogP contribution in [-0.4, -0.2) is 11.2 Å². The van der Waals surface area contributed by atoms with Gasteiger partial charge >= 0.3 is 0 Å². The first kappa shape index (κ1) is 8.27. The third kappa shape index (κ3) is 1.41. The van der Waals surface area contributed by atoms with Gasteiger partial charge in [-0.3, -0.25) is 0 Å². The van der Waals surface area contributed by atoms with Crippen LogP contribution in [0.4, 0.5) is 0 Å². The summed E-state index contributed by atoms with van der Waals surface area (Å²) in [5, 5.41) is 9.66. The molecule has 0 aromatic carbocycles. The predicted octanol–water partition coefficient (Wildman–Crippen LogP) is 2.68. The van der Waals surface area contributed by atoms with Gasteiger partial charge in [0.25, 0.3) is 0 Å². The van der Waals surface area contributed by atoms with Gasteiger partial charge in [0.2, 0.25) is 0 Å². The van der Waals surface area contributed by atoms with E-state index in [2.05, 4.69) is 19.1 Å². The highest BCUT2D eigenvalue weighted by molar-refractivity contribution is 7.12. The zero-order chi connectivity index (χ0) is 8.55. The van der Waals surface area contributed by atoms with Crippen LogP contribution < -0.4 is 0 Å². The Morgan fingerprint density at radius 2 is 2.25 bits per heavy atom. The number of hydrogen-bond acceptors (Lipinski definition) is 2. The number of hydrogen-bond donors (Lipinski definition) is 1. The predicted molar refractivity (Wildman–Crippen MR) is 51.7 cm³/mol. The summed E-state index contributed by atoms with van der Waals surface area (Å²) < 4.78 is 0. The van der Waals surface area contributed by atoms with Gasteiger partial charge in [0.05, 0.1) is 6.10 Å². The Hall–Kier alpha value is -0.340. The topological polar surface area (TPSA) is 20.2 Å². The highest BCUT2D eigenvalue weighted by Gasteiger charge is 2.27. The standard InChI is InChI=1S/C10H14OS/c1-7-5-6-10(12-7)8-3-2-4-9(8)11/h5-6,8-9,11H,2-4H2,1H3/t8-,9-/m1/s1. The fraction of sp³-hybridized carbons (Fsp3) is 0.600. The summed E-state index contributed by atoms with van der Waals surface area (Å²) in [6.07, 6.45) is 3.26. The van der Waals surface area contributed by atoms with Crippen molar-refractivity contribution in [3.63, 3.8) is 0 Å². The Morgan fingerprint density at radius 1 is 1.42 bits per heavy atom. The summed E-state index contributed by atoms with van der Waals surface area (Å²) in [6, 6.07) is 4.31. The molecule has 2 rings (SSSR count). The van der Waals surface area contributed by atoms with Gasteiger partial charge in [0.15, 0.2) is 0 Å². The molecule has 1 N–H and O–H groups in total. The largest absolute Gasteiger partial charge is 0.392 e. The number of aryl methyl sites for hydroxylation is 1. The maximum absolute atomic E-state index is 9.66. The molecule has 0 bridgehead atoms. The van der Waals surface area contributed by atoms with E-state index in [-0.39, 0.29) is 6.10 Å². The van der Waals surface area contributed by atoms with E-state index in [0.29, 0.717) is 5.92 Å². The van der Waals surface area contributed by atoms with Crippen LogP contribution in [0.3, 0.4) is 0 Å². The molecule has 1 aliphatic rings. The molecule has 1 aromatic rings. The lowest BCUT2D eigenvalue weighted by molar-refractivity contribution is 0.165. The van der Waals surface area contributed by atoms with Gasteiger partial charge in [-0.2, -0.15) is 0 Å². The summed E-state index contributed by atoms with van der Waals surface area (Å²) in [4.78, 5) is 2.72. The van der Waals surface area contributed by atoms with E-state index in [4.69, 9.17) is 0 Å². The van der Waals surface area contributed by atoms with E-state index in [9.17, 15) is 5.11 Å². The molecule has 0 amide bonds. The van der Waals surface area contributed by atoms with Crippen molar-refractivity contribution < 1.29 is 5.11 Å². The average Bonchev–Trinajstić information content (AvgIpc) is 2.58. The van der Waals surface area contributed by atoms with Crippen molar-refractivity contribution in [2.24, 2.45) is 0 Å². The Kier molecular flexibility index (Phi) is 2.20. The fourth-order valence-electron chi connectivity index (χ4n) is 1.93. The van der Waals surface area contributed by atoms with E-state index in [1.54, 1.807) is 0 Å². The van der Waals surface area contributed by atoms with Gasteiger partial charge in [-0.15, -0.1) is 11.3 Å². The first-order valence-corrected chi connectivity index (χ1v) is 5.33. The molecule has 66 valence electrons. The summed E-state index contributed by atoms with van der Waals surface area (Å²) in [5.74, 6) is 0.434. The maximum Gasteiger partial charge on any atom is 0.0616 e. The number of aliphatic hydroxyl groups is 1. The summed E-state index contributed by atoms with van der Waals surface area (Å²) in [7, 11) is 0. The smallest absolute Gasteiger partial charge is 0.0616 e. The Morgan fingerprint density at radius 3 is 2.75 bits per heavy atom. The third-order valence-electron chi connectivity index (χ3n) is 2.61. The highest BCUT2D eigenvalue weighted by atomic mass is 32.1. The Bertz CT molecular complexity index is 267. The first-order valence-electron chi connectivity index (χ1n) is 4.52. The van der Waals surface area contributed by atoms with Gasteiger partial charge in [0.1, 0.15) is 0 Å². The maximum atomic E-state index is 9.66. The molecule has 12 heavy (non-hydrogen) atoms. The second-order valence-electron chi connectivity index (χ2n) is 3.55. The molecule has 1 aromatic heterocycles. The molecule has 0 radical (unpaired) electrons. The van der Waals surface area contributed by atoms with Gasteiger partial charge in [0, 0.05) is 15.7 Å². The minimum absolute atomic E-state index is 0.0805. The second kappa shape index (κ2) is 3.19. The van der Waals surface area contributed by atoms with E-state index in [0.717, 1.165) is 6.42 Å². The van der Waals surface area contributed by atoms with Crippen LogP contribution >= 0.6 is 11.3 Å². The van der Waals surface area contributed by atoms with Gasteiger partial charge in [-0.25, -0.2) is 0 Å². The zero-order valence-corrected chi connectivity index (χ0v) is 8.10. The SMILES string of the molecule is Cc1ccc([C@@H]2CCC[C@H]2O)s1. The minimum Gasteiger partial charge on any atom is -0.392 e. The molecule has 0 aliphatic heterocycles. The number of thiophene rings is 1. The molecule has 1 saturated carbocycles. The Balaban J connectivity index is 2.19. The van der Waals surface area contributed by atoms with Gasteiger partial charge < -0.3 is 5.11 Å². The lowest BCUT2D eigenvalue weighted by atomic mass is 10.0. The first-order chi connectivity index (χ1) is 5.77. The highest BCUT2D eigenvalue weighted by Crippen LogP contribution is 2.37. The summed E-state index contributed by atoms with van der Waals surface area (Å²) in [5.41, 5.74) is 0. The third-order valence-corrected chi connectivity index (χ3v) is 3.74.